The summed E-state index contributed by atoms with van der Waals surface area (Å²) in [5, 5.41) is 3.03. The molecule has 0 bridgehead atoms. The smallest absolute Gasteiger partial charge is 0.456 e. The van der Waals surface area contributed by atoms with E-state index in [2.05, 4.69) is 99.0 Å². The molecule has 10 heteroatoms. The van der Waals surface area contributed by atoms with Crippen LogP contribution in [0.15, 0.2) is 85.1 Å². The number of phosphoric acid groups is 1. The molecule has 0 aliphatic rings. The predicted molar refractivity (Wildman–Crippen MR) is 314 cm³/mol. The molecule has 0 fully saturated rings. The summed E-state index contributed by atoms with van der Waals surface area (Å²) in [5.41, 5.74) is 0. The number of phosphoric ester groups is 1. The minimum Gasteiger partial charge on any atom is -0.456 e. The van der Waals surface area contributed by atoms with Crippen molar-refractivity contribution in [1.82, 2.24) is 5.32 Å². The highest BCUT2D eigenvalue weighted by Gasteiger charge is 2.30. The predicted octanol–water partition coefficient (Wildman–Crippen LogP) is 18.2. The van der Waals surface area contributed by atoms with Gasteiger partial charge in [-0.2, -0.15) is 0 Å². The number of allylic oxidation sites excluding steroid dienone is 13. The van der Waals surface area contributed by atoms with Gasteiger partial charge in [-0.1, -0.05) is 215 Å². The molecule has 0 aliphatic carbocycles. The van der Waals surface area contributed by atoms with E-state index in [4.69, 9.17) is 13.8 Å². The Morgan fingerprint density at radius 3 is 1.29 bits per heavy atom. The number of carbonyl (C=O) groups excluding carboxylic acids is 2. The lowest BCUT2D eigenvalue weighted by Crippen LogP contribution is -2.47. The lowest BCUT2D eigenvalue weighted by molar-refractivity contribution is -0.870. The number of quaternary nitrogens is 1. The first-order chi connectivity index (χ1) is 35.4. The van der Waals surface area contributed by atoms with Crippen LogP contribution >= 0.6 is 7.82 Å². The number of carbonyl (C=O) groups is 2. The van der Waals surface area contributed by atoms with Gasteiger partial charge in [-0.15, -0.1) is 0 Å². The molecule has 9 nitrogen and oxygen atoms in total. The second-order valence-corrected chi connectivity index (χ2v) is 22.6. The second kappa shape index (κ2) is 52.6. The van der Waals surface area contributed by atoms with E-state index in [1.807, 2.05) is 33.3 Å². The Morgan fingerprint density at radius 2 is 0.836 bits per heavy atom. The maximum atomic E-state index is 13.5. The van der Waals surface area contributed by atoms with Crippen molar-refractivity contribution in [2.45, 2.75) is 264 Å². The number of esters is 1. The molecule has 3 atom stereocenters. The molecule has 0 aromatic carbocycles. The first-order valence-electron chi connectivity index (χ1n) is 29.9. The molecular weight excluding hydrogens is 928 g/mol. The first kappa shape index (κ1) is 70.2. The van der Waals surface area contributed by atoms with Gasteiger partial charge in [0.05, 0.1) is 33.8 Å². The van der Waals surface area contributed by atoms with Crippen molar-refractivity contribution in [3.63, 3.8) is 0 Å². The fourth-order valence-electron chi connectivity index (χ4n) is 8.13. The number of unbranched alkanes of at least 4 members (excludes halogenated alkanes) is 25. The maximum absolute atomic E-state index is 13.5. The van der Waals surface area contributed by atoms with Crippen LogP contribution in [0, 0.1) is 0 Å². The molecule has 0 heterocycles. The molecule has 0 aliphatic heterocycles. The Balaban J connectivity index is 5.35. The molecule has 0 aromatic heterocycles. The number of nitrogens with zero attached hydrogens (tertiary/aromatic N) is 1. The van der Waals surface area contributed by atoms with Gasteiger partial charge in [-0.3, -0.25) is 18.6 Å². The molecule has 0 saturated heterocycles. The number of hydrogen-bond donors (Lipinski definition) is 2. The van der Waals surface area contributed by atoms with E-state index in [0.717, 1.165) is 96.3 Å². The summed E-state index contributed by atoms with van der Waals surface area (Å²) in [6.07, 6.45) is 68.6. The van der Waals surface area contributed by atoms with Gasteiger partial charge in [-0.25, -0.2) is 4.57 Å². The minimum atomic E-state index is -4.46. The zero-order valence-electron chi connectivity index (χ0n) is 48.1. The SMILES string of the molecule is CCCCC/C=C\C/C=C\C/C=C\C/C=C\CCCCCC(=O)NC(COP(=O)(O)OCC[N+](C)(C)C)C(/C=C/CCCCCCCCCCC)OC(=O)CCCCCCCCC/C=C\C/C=C\CCCCC. The van der Waals surface area contributed by atoms with E-state index in [0.29, 0.717) is 17.4 Å². The fraction of sp³-hybridized carbons (Fsp3) is 0.746. The van der Waals surface area contributed by atoms with Gasteiger partial charge in [-0.05, 0) is 109 Å². The van der Waals surface area contributed by atoms with Crippen LogP contribution in [-0.2, 0) is 27.9 Å². The quantitative estimate of drug-likeness (QED) is 0.0205. The monoisotopic (exact) mass is 1040 g/mol. The molecule has 0 aromatic rings. The van der Waals surface area contributed by atoms with Crippen molar-refractivity contribution in [3.8, 4) is 0 Å². The average molecular weight is 1040 g/mol. The third kappa shape index (κ3) is 53.8. The Morgan fingerprint density at radius 1 is 0.479 bits per heavy atom. The number of hydrogen-bond acceptors (Lipinski definition) is 6. The third-order valence-corrected chi connectivity index (χ3v) is 13.8. The lowest BCUT2D eigenvalue weighted by atomic mass is 10.1. The van der Waals surface area contributed by atoms with Crippen molar-refractivity contribution in [2.24, 2.45) is 0 Å². The number of rotatable bonds is 53. The number of likely N-dealkylation sites (N-methyl/N-ethyl adjacent to an activating group) is 1. The van der Waals surface area contributed by atoms with Crippen LogP contribution in [0.5, 0.6) is 0 Å². The molecule has 1 amide bonds. The molecule has 0 radical (unpaired) electrons. The molecule has 0 spiro atoms. The summed E-state index contributed by atoms with van der Waals surface area (Å²) >= 11 is 0. The summed E-state index contributed by atoms with van der Waals surface area (Å²) in [5.74, 6) is -0.553. The van der Waals surface area contributed by atoms with Crippen LogP contribution in [0.1, 0.15) is 252 Å². The summed E-state index contributed by atoms with van der Waals surface area (Å²) in [6, 6.07) is -0.871. The minimum absolute atomic E-state index is 0.0289. The largest absolute Gasteiger partial charge is 0.472 e. The number of ether oxygens (including phenoxy) is 1. The Bertz CT molecular complexity index is 1530. The molecular formula is C63H114N2O7P+. The Labute approximate surface area is 450 Å². The van der Waals surface area contributed by atoms with Gasteiger partial charge in [0.1, 0.15) is 19.3 Å². The fourth-order valence-corrected chi connectivity index (χ4v) is 8.86. The van der Waals surface area contributed by atoms with Crippen LogP contribution < -0.4 is 5.32 Å². The van der Waals surface area contributed by atoms with Crippen molar-refractivity contribution in [2.75, 3.05) is 40.9 Å². The standard InChI is InChI=1S/C63H113N2O7P/c1-7-10-13-16-19-22-25-27-29-31-32-34-35-37-40-43-46-49-52-55-62(66)64-60(59-71-73(68,69)70-58-57-65(4,5)6)61(54-51-48-45-42-39-24-21-18-15-12-9-3)72-63(67)56-53-50-47-44-41-38-36-33-30-28-26-23-20-17-14-11-8-2/h19-20,22-23,27-30,32,34,37,40,51,54,60-61H,7-18,21,24-26,31,33,35-36,38-39,41-50,52-53,55-59H2,1-6H3,(H-,64,66,68,69)/p+1/b22-19-,23-20-,29-27-,30-28-,34-32-,40-37-,54-51+. The molecule has 73 heavy (non-hydrogen) atoms. The normalized spacial score (nSPS) is 14.3. The molecule has 2 N–H and O–H groups in total. The van der Waals surface area contributed by atoms with E-state index < -0.39 is 20.0 Å². The van der Waals surface area contributed by atoms with Gasteiger partial charge >= 0.3 is 13.8 Å². The van der Waals surface area contributed by atoms with Crippen molar-refractivity contribution in [1.29, 1.82) is 0 Å². The van der Waals surface area contributed by atoms with Crippen molar-refractivity contribution < 1.29 is 37.3 Å². The first-order valence-corrected chi connectivity index (χ1v) is 31.4. The topological polar surface area (TPSA) is 111 Å². The van der Waals surface area contributed by atoms with Crippen molar-refractivity contribution in [3.05, 3.63) is 85.1 Å². The third-order valence-electron chi connectivity index (χ3n) is 12.8. The van der Waals surface area contributed by atoms with E-state index in [9.17, 15) is 19.0 Å². The highest BCUT2D eigenvalue weighted by molar-refractivity contribution is 7.47. The van der Waals surface area contributed by atoms with Gasteiger partial charge in [0, 0.05) is 12.8 Å². The van der Waals surface area contributed by atoms with Gasteiger partial charge in [0.25, 0.3) is 0 Å². The highest BCUT2D eigenvalue weighted by atomic mass is 31.2. The van der Waals surface area contributed by atoms with Gasteiger partial charge < -0.3 is 19.4 Å². The molecule has 3 unspecified atom stereocenters. The van der Waals surface area contributed by atoms with Crippen LogP contribution in [0.25, 0.3) is 0 Å². The second-order valence-electron chi connectivity index (χ2n) is 21.2. The summed E-state index contributed by atoms with van der Waals surface area (Å²) in [6.45, 7) is 6.91. The Kier molecular flexibility index (Phi) is 50.6. The van der Waals surface area contributed by atoms with Crippen LogP contribution in [0.2, 0.25) is 0 Å². The average Bonchev–Trinajstić information content (AvgIpc) is 3.35. The number of amides is 1. The van der Waals surface area contributed by atoms with E-state index >= 15 is 0 Å². The van der Waals surface area contributed by atoms with Gasteiger partial charge in [0.2, 0.25) is 5.91 Å². The summed E-state index contributed by atoms with van der Waals surface area (Å²) in [7, 11) is 1.46. The highest BCUT2D eigenvalue weighted by Crippen LogP contribution is 2.43. The lowest BCUT2D eigenvalue weighted by Gasteiger charge is -2.27. The van der Waals surface area contributed by atoms with E-state index in [1.54, 1.807) is 0 Å². The van der Waals surface area contributed by atoms with Crippen LogP contribution in [0.3, 0.4) is 0 Å². The maximum Gasteiger partial charge on any atom is 0.472 e. The summed E-state index contributed by atoms with van der Waals surface area (Å²) < 4.78 is 30.6. The van der Waals surface area contributed by atoms with E-state index in [1.165, 1.54) is 116 Å². The zero-order chi connectivity index (χ0) is 53.6. The zero-order valence-corrected chi connectivity index (χ0v) is 49.0. The molecule has 422 valence electrons. The van der Waals surface area contributed by atoms with E-state index in [-0.39, 0.29) is 37.9 Å². The molecule has 0 saturated carbocycles. The van der Waals surface area contributed by atoms with Crippen LogP contribution in [-0.4, -0.2) is 74.3 Å². The number of nitrogens with one attached hydrogen (secondary N) is 1. The van der Waals surface area contributed by atoms with Crippen LogP contribution in [0.4, 0.5) is 0 Å². The Hall–Kier alpha value is -2.81. The molecule has 0 rings (SSSR count). The summed E-state index contributed by atoms with van der Waals surface area (Å²) in [4.78, 5) is 37.6. The van der Waals surface area contributed by atoms with Crippen molar-refractivity contribution >= 4 is 19.7 Å². The van der Waals surface area contributed by atoms with Gasteiger partial charge in [0.15, 0.2) is 0 Å².